The molecule has 0 saturated carbocycles. The third-order valence-electron chi connectivity index (χ3n) is 5.57. The first-order valence-electron chi connectivity index (χ1n) is 10.3. The first kappa shape index (κ1) is 27.4. The minimum atomic E-state index is -0.379. The minimum absolute atomic E-state index is 0. The van der Waals surface area contributed by atoms with Crippen LogP contribution in [-0.4, -0.2) is 55.7 Å². The third kappa shape index (κ3) is 6.00. The summed E-state index contributed by atoms with van der Waals surface area (Å²) in [6, 6.07) is 11.6. The summed E-state index contributed by atoms with van der Waals surface area (Å²) >= 11 is 12.7. The van der Waals surface area contributed by atoms with E-state index in [4.69, 9.17) is 32.7 Å². The van der Waals surface area contributed by atoms with Crippen LogP contribution in [0, 0.1) is 0 Å². The van der Waals surface area contributed by atoms with Crippen LogP contribution in [0.2, 0.25) is 10.0 Å². The number of fused-ring (bicyclic) bond motifs is 1. The number of carbonyl (C=O) groups excluding carboxylic acids is 1. The predicted octanol–water partition coefficient (Wildman–Crippen LogP) is 5.83. The average Bonchev–Trinajstić information content (AvgIpc) is 3.13. The molecular formula is C23H27Cl4N3O3. The Hall–Kier alpha value is -1.83. The molecular weight excluding hydrogens is 508 g/mol. The summed E-state index contributed by atoms with van der Waals surface area (Å²) in [5.74, 6) is 0.474. The van der Waals surface area contributed by atoms with E-state index in [1.54, 1.807) is 26.2 Å². The number of hydrogen-bond acceptors (Lipinski definition) is 5. The number of H-pyrrole nitrogens is 1. The number of ether oxygens (including phenoxy) is 2. The van der Waals surface area contributed by atoms with Gasteiger partial charge in [0.15, 0.2) is 0 Å². The van der Waals surface area contributed by atoms with Crippen LogP contribution < -0.4 is 9.64 Å². The van der Waals surface area contributed by atoms with Crippen molar-refractivity contribution < 1.29 is 14.3 Å². The highest BCUT2D eigenvalue weighted by atomic mass is 35.5. The van der Waals surface area contributed by atoms with Crippen molar-refractivity contribution in [2.75, 3.05) is 44.8 Å². The second kappa shape index (κ2) is 12.0. The zero-order valence-corrected chi connectivity index (χ0v) is 21.5. The summed E-state index contributed by atoms with van der Waals surface area (Å²) in [7, 11) is 1.68. The fraction of sp³-hybridized carbons (Fsp3) is 0.348. The zero-order chi connectivity index (χ0) is 22.0. The van der Waals surface area contributed by atoms with E-state index in [1.165, 1.54) is 0 Å². The van der Waals surface area contributed by atoms with Crippen LogP contribution in [0.1, 0.15) is 23.0 Å². The van der Waals surface area contributed by atoms with Crippen LogP contribution in [-0.2, 0) is 11.3 Å². The number of aromatic amines is 1. The molecule has 6 nitrogen and oxygen atoms in total. The summed E-state index contributed by atoms with van der Waals surface area (Å²) in [4.78, 5) is 20.4. The number of halogens is 4. The molecule has 1 N–H and O–H groups in total. The average molecular weight is 535 g/mol. The maximum atomic E-state index is 12.6. The van der Waals surface area contributed by atoms with Gasteiger partial charge in [0, 0.05) is 66.0 Å². The van der Waals surface area contributed by atoms with Gasteiger partial charge in [-0.05, 0) is 31.2 Å². The standard InChI is InChI=1S/C23H25Cl2N3O3.2ClH/c1-3-31-23(29)22-18(21-19(25)11-15(24)12-20(21)26-22)14-27-7-9-28(10-8-27)16-5-4-6-17(13-16)30-2;;/h4-6,11-13,26H,3,7-10,14H2,1-2H3;2*1H. The van der Waals surface area contributed by atoms with Crippen molar-refractivity contribution in [1.29, 1.82) is 0 Å². The molecule has 0 bridgehead atoms. The number of carbonyl (C=O) groups is 1. The SMILES string of the molecule is CCOC(=O)c1[nH]c2cc(Cl)cc(Cl)c2c1CN1CCN(c2cccc(OC)c2)CC1.Cl.Cl. The van der Waals surface area contributed by atoms with Crippen molar-refractivity contribution >= 4 is 70.6 Å². The van der Waals surface area contributed by atoms with E-state index < -0.39 is 0 Å². The van der Waals surface area contributed by atoms with Gasteiger partial charge in [0.05, 0.1) is 18.7 Å². The molecule has 1 fully saturated rings. The molecule has 0 amide bonds. The van der Waals surface area contributed by atoms with E-state index in [1.807, 2.05) is 12.1 Å². The Morgan fingerprint density at radius 3 is 2.48 bits per heavy atom. The van der Waals surface area contributed by atoms with E-state index in [0.29, 0.717) is 28.9 Å². The van der Waals surface area contributed by atoms with Gasteiger partial charge in [-0.2, -0.15) is 0 Å². The highest BCUT2D eigenvalue weighted by molar-refractivity contribution is 6.39. The van der Waals surface area contributed by atoms with Gasteiger partial charge in [-0.15, -0.1) is 24.8 Å². The molecule has 1 saturated heterocycles. The number of benzene rings is 2. The lowest BCUT2D eigenvalue weighted by atomic mass is 10.1. The van der Waals surface area contributed by atoms with Gasteiger partial charge in [0.2, 0.25) is 0 Å². The van der Waals surface area contributed by atoms with Gasteiger partial charge in [0.1, 0.15) is 11.4 Å². The van der Waals surface area contributed by atoms with Gasteiger partial charge >= 0.3 is 5.97 Å². The van der Waals surface area contributed by atoms with Crippen LogP contribution in [0.3, 0.4) is 0 Å². The molecule has 1 aliphatic heterocycles. The number of esters is 1. The molecule has 180 valence electrons. The van der Waals surface area contributed by atoms with Crippen LogP contribution in [0.25, 0.3) is 10.9 Å². The van der Waals surface area contributed by atoms with E-state index >= 15 is 0 Å². The number of nitrogens with one attached hydrogen (secondary N) is 1. The molecule has 1 aliphatic rings. The maximum absolute atomic E-state index is 12.6. The van der Waals surface area contributed by atoms with Crippen LogP contribution >= 0.6 is 48.0 Å². The Morgan fingerprint density at radius 1 is 1.09 bits per heavy atom. The number of methoxy groups -OCH3 is 1. The molecule has 2 heterocycles. The van der Waals surface area contributed by atoms with E-state index in [-0.39, 0.29) is 30.8 Å². The highest BCUT2D eigenvalue weighted by Gasteiger charge is 2.25. The first-order valence-corrected chi connectivity index (χ1v) is 11.0. The maximum Gasteiger partial charge on any atom is 0.355 e. The summed E-state index contributed by atoms with van der Waals surface area (Å²) < 4.78 is 10.6. The molecule has 3 aromatic rings. The van der Waals surface area contributed by atoms with Gasteiger partial charge in [-0.3, -0.25) is 4.90 Å². The third-order valence-corrected chi connectivity index (χ3v) is 6.09. The molecule has 10 heteroatoms. The molecule has 0 spiro atoms. The lowest BCUT2D eigenvalue weighted by Crippen LogP contribution is -2.46. The number of rotatable bonds is 6. The lowest BCUT2D eigenvalue weighted by molar-refractivity contribution is 0.0518. The second-order valence-electron chi connectivity index (χ2n) is 7.47. The van der Waals surface area contributed by atoms with Gasteiger partial charge in [-0.1, -0.05) is 29.3 Å². The van der Waals surface area contributed by atoms with E-state index in [2.05, 4.69) is 26.9 Å². The van der Waals surface area contributed by atoms with Crippen molar-refractivity contribution in [1.82, 2.24) is 9.88 Å². The van der Waals surface area contributed by atoms with Crippen LogP contribution in [0.4, 0.5) is 5.69 Å². The molecule has 0 atom stereocenters. The Bertz CT molecular complexity index is 1100. The summed E-state index contributed by atoms with van der Waals surface area (Å²) in [5, 5.41) is 1.87. The molecule has 0 radical (unpaired) electrons. The summed E-state index contributed by atoms with van der Waals surface area (Å²) in [5.41, 5.74) is 3.18. The van der Waals surface area contributed by atoms with Crippen LogP contribution in [0.5, 0.6) is 5.75 Å². The number of piperazine rings is 1. The van der Waals surface area contributed by atoms with Crippen molar-refractivity contribution in [3.8, 4) is 5.75 Å². The molecule has 1 aromatic heterocycles. The van der Waals surface area contributed by atoms with E-state index in [0.717, 1.165) is 54.1 Å². The highest BCUT2D eigenvalue weighted by Crippen LogP contribution is 2.34. The quantitative estimate of drug-likeness (QED) is 0.403. The van der Waals surface area contributed by atoms with Crippen molar-refractivity contribution in [2.45, 2.75) is 13.5 Å². The van der Waals surface area contributed by atoms with Gasteiger partial charge in [-0.25, -0.2) is 4.79 Å². The Kier molecular flexibility index (Phi) is 10.0. The number of nitrogens with zero attached hydrogens (tertiary/aromatic N) is 2. The van der Waals surface area contributed by atoms with Gasteiger partial charge in [0.25, 0.3) is 0 Å². The summed E-state index contributed by atoms with van der Waals surface area (Å²) in [6.07, 6.45) is 0. The lowest BCUT2D eigenvalue weighted by Gasteiger charge is -2.36. The van der Waals surface area contributed by atoms with Crippen molar-refractivity contribution in [3.63, 3.8) is 0 Å². The molecule has 4 rings (SSSR count). The number of anilines is 1. The number of aromatic nitrogens is 1. The Morgan fingerprint density at radius 2 is 1.82 bits per heavy atom. The fourth-order valence-corrected chi connectivity index (χ4v) is 4.65. The van der Waals surface area contributed by atoms with Crippen molar-refractivity contribution in [3.05, 3.63) is 57.7 Å². The monoisotopic (exact) mass is 533 g/mol. The first-order chi connectivity index (χ1) is 15.0. The largest absolute Gasteiger partial charge is 0.497 e. The Balaban J connectivity index is 0.00000193. The minimum Gasteiger partial charge on any atom is -0.497 e. The van der Waals surface area contributed by atoms with Crippen LogP contribution in [0.15, 0.2) is 36.4 Å². The molecule has 0 aliphatic carbocycles. The fourth-order valence-electron chi connectivity index (χ4n) is 4.04. The number of hydrogen-bond donors (Lipinski definition) is 1. The molecule has 0 unspecified atom stereocenters. The predicted molar refractivity (Wildman–Crippen MR) is 139 cm³/mol. The molecule has 33 heavy (non-hydrogen) atoms. The summed E-state index contributed by atoms with van der Waals surface area (Å²) in [6.45, 7) is 6.17. The van der Waals surface area contributed by atoms with Gasteiger partial charge < -0.3 is 19.4 Å². The normalized spacial score (nSPS) is 13.9. The van der Waals surface area contributed by atoms with E-state index in [9.17, 15) is 4.79 Å². The molecule has 2 aromatic carbocycles. The smallest absolute Gasteiger partial charge is 0.355 e. The Labute approximate surface area is 215 Å². The zero-order valence-electron chi connectivity index (χ0n) is 18.4. The topological polar surface area (TPSA) is 57.8 Å². The second-order valence-corrected chi connectivity index (χ2v) is 8.32. The van der Waals surface area contributed by atoms with Crippen molar-refractivity contribution in [2.24, 2.45) is 0 Å².